The Balaban J connectivity index is 4.25. The lowest BCUT2D eigenvalue weighted by atomic mass is 10.1. The largest absolute Gasteiger partial charge is 0.133 e. The molecule has 4 heteroatoms. The zero-order valence-corrected chi connectivity index (χ0v) is 24.8. The molecule has 190 valence electrons. The van der Waals surface area contributed by atoms with Gasteiger partial charge in [-0.1, -0.05) is 129 Å². The highest BCUT2D eigenvalue weighted by Crippen LogP contribution is 2.33. The van der Waals surface area contributed by atoms with Crippen molar-refractivity contribution in [2.45, 2.75) is 136 Å². The summed E-state index contributed by atoms with van der Waals surface area (Å²) in [6.45, 7) is 6.86. The van der Waals surface area contributed by atoms with Gasteiger partial charge in [0.25, 0.3) is 0 Å². The van der Waals surface area contributed by atoms with Crippen LogP contribution in [-0.4, -0.2) is 17.3 Å². The van der Waals surface area contributed by atoms with Gasteiger partial charge in [0.2, 0.25) is 0 Å². The van der Waals surface area contributed by atoms with Crippen molar-refractivity contribution in [1.82, 2.24) is 0 Å². The normalized spacial score (nSPS) is 11.8. The van der Waals surface area contributed by atoms with Gasteiger partial charge in [0.15, 0.2) is 0 Å². The van der Waals surface area contributed by atoms with Crippen molar-refractivity contribution in [3.05, 3.63) is 20.8 Å². The smallest absolute Gasteiger partial charge is 0.0485 e. The number of halogens is 1. The average molecular weight is 521 g/mol. The molecule has 0 N–H and O–H groups in total. The van der Waals surface area contributed by atoms with Crippen molar-refractivity contribution in [2.75, 3.05) is 17.3 Å². The van der Waals surface area contributed by atoms with Gasteiger partial charge in [-0.2, -0.15) is 0 Å². The lowest BCUT2D eigenvalue weighted by Gasteiger charge is -2.08. The van der Waals surface area contributed by atoms with E-state index in [0.29, 0.717) is 0 Å². The van der Waals surface area contributed by atoms with Crippen LogP contribution in [0.5, 0.6) is 0 Å². The van der Waals surface area contributed by atoms with Gasteiger partial charge in [-0.15, -0.1) is 35.3 Å². The number of rotatable bonds is 25. The maximum Gasteiger partial charge on any atom is 0.0485 e. The number of unbranched alkanes of at least 4 members (excludes halogenated alkanes) is 15. The van der Waals surface area contributed by atoms with Crippen molar-refractivity contribution < 1.29 is 0 Å². The zero-order valence-electron chi connectivity index (χ0n) is 21.6. The summed E-state index contributed by atoms with van der Waals surface area (Å²) in [5.74, 6) is 3.66. The van der Waals surface area contributed by atoms with Crippen molar-refractivity contribution >= 4 is 46.9 Å². The van der Waals surface area contributed by atoms with Crippen LogP contribution >= 0.6 is 46.9 Å². The SMILES string of the molecule is CCCCCCCCS/C=C(\Cl)C=C(SCCCCCCCC)SCCCCCCCC. The minimum atomic E-state index is 0.918. The maximum absolute atomic E-state index is 6.59. The van der Waals surface area contributed by atoms with Crippen molar-refractivity contribution in [2.24, 2.45) is 0 Å². The Hall–Kier alpha value is 0.820. The molecule has 0 aliphatic rings. The molecule has 0 aromatic carbocycles. The van der Waals surface area contributed by atoms with Crippen molar-refractivity contribution in [3.63, 3.8) is 0 Å². The summed E-state index contributed by atoms with van der Waals surface area (Å²) in [6, 6.07) is 0. The van der Waals surface area contributed by atoms with Crippen molar-refractivity contribution in [1.29, 1.82) is 0 Å². The molecule has 0 heterocycles. The molecule has 0 spiro atoms. The minimum Gasteiger partial charge on any atom is -0.133 e. The summed E-state index contributed by atoms with van der Waals surface area (Å²) >= 11 is 12.5. The van der Waals surface area contributed by atoms with E-state index in [-0.39, 0.29) is 0 Å². The van der Waals surface area contributed by atoms with Gasteiger partial charge < -0.3 is 0 Å². The first kappa shape index (κ1) is 32.8. The molecular formula is C28H53ClS3. The van der Waals surface area contributed by atoms with Gasteiger partial charge in [-0.25, -0.2) is 0 Å². The highest BCUT2D eigenvalue weighted by Gasteiger charge is 2.03. The summed E-state index contributed by atoms with van der Waals surface area (Å²) in [4.78, 5) is 0. The molecule has 32 heavy (non-hydrogen) atoms. The number of hydrogen-bond acceptors (Lipinski definition) is 3. The molecule has 0 saturated carbocycles. The first-order valence-corrected chi connectivity index (χ1v) is 17.1. The molecule has 0 rings (SSSR count). The van der Waals surface area contributed by atoms with E-state index in [0.717, 1.165) is 5.03 Å². The molecule has 0 nitrogen and oxygen atoms in total. The predicted octanol–water partition coefficient (Wildman–Crippen LogP) is 12.2. The predicted molar refractivity (Wildman–Crippen MR) is 160 cm³/mol. The Morgan fingerprint density at radius 1 is 0.531 bits per heavy atom. The summed E-state index contributed by atoms with van der Waals surface area (Å²) in [5, 5.41) is 3.09. The van der Waals surface area contributed by atoms with Gasteiger partial charge in [0.1, 0.15) is 0 Å². The Bertz CT molecular complexity index is 414. The molecule has 0 aliphatic carbocycles. The molecule has 0 aromatic heterocycles. The van der Waals surface area contributed by atoms with Gasteiger partial charge >= 0.3 is 0 Å². The average Bonchev–Trinajstić information content (AvgIpc) is 2.79. The van der Waals surface area contributed by atoms with Gasteiger partial charge in [-0.05, 0) is 48.0 Å². The van der Waals surface area contributed by atoms with Crippen LogP contribution in [0.3, 0.4) is 0 Å². The monoisotopic (exact) mass is 520 g/mol. The summed E-state index contributed by atoms with van der Waals surface area (Å²) in [5.41, 5.74) is 0. The van der Waals surface area contributed by atoms with Crippen LogP contribution in [-0.2, 0) is 0 Å². The molecule has 0 atom stereocenters. The van der Waals surface area contributed by atoms with Crippen molar-refractivity contribution in [3.8, 4) is 0 Å². The molecule has 0 bridgehead atoms. The van der Waals surface area contributed by atoms with Crippen LogP contribution in [0.4, 0.5) is 0 Å². The molecule has 0 aromatic rings. The molecule has 0 aliphatic heterocycles. The highest BCUT2D eigenvalue weighted by molar-refractivity contribution is 8.22. The van der Waals surface area contributed by atoms with Gasteiger partial charge in [-0.3, -0.25) is 0 Å². The fourth-order valence-electron chi connectivity index (χ4n) is 3.49. The third-order valence-electron chi connectivity index (χ3n) is 5.55. The highest BCUT2D eigenvalue weighted by atomic mass is 35.5. The fourth-order valence-corrected chi connectivity index (χ4v) is 6.98. The lowest BCUT2D eigenvalue weighted by molar-refractivity contribution is 0.627. The minimum absolute atomic E-state index is 0.918. The van der Waals surface area contributed by atoms with Crippen LogP contribution in [0.25, 0.3) is 0 Å². The van der Waals surface area contributed by atoms with Crippen LogP contribution < -0.4 is 0 Å². The third kappa shape index (κ3) is 25.4. The van der Waals surface area contributed by atoms with E-state index < -0.39 is 0 Å². The van der Waals surface area contributed by atoms with E-state index in [1.165, 1.54) is 137 Å². The second-order valence-electron chi connectivity index (χ2n) is 8.84. The number of allylic oxidation sites excluding steroid dienone is 2. The Labute approximate surface area is 220 Å². The Kier molecular flexibility index (Phi) is 28.8. The molecule has 0 radical (unpaired) electrons. The second-order valence-corrected chi connectivity index (χ2v) is 12.8. The number of thioether (sulfide) groups is 3. The van der Waals surface area contributed by atoms with Gasteiger partial charge in [0, 0.05) is 9.27 Å². The van der Waals surface area contributed by atoms with E-state index in [1.54, 1.807) is 0 Å². The van der Waals surface area contributed by atoms with E-state index in [2.05, 4.69) is 32.3 Å². The topological polar surface area (TPSA) is 0 Å². The summed E-state index contributed by atoms with van der Waals surface area (Å²) < 4.78 is 1.42. The second kappa shape index (κ2) is 28.1. The quantitative estimate of drug-likeness (QED) is 0.0866. The molecule has 0 amide bonds. The van der Waals surface area contributed by atoms with E-state index >= 15 is 0 Å². The standard InChI is InChI=1S/C28H53ClS3/c1-4-7-10-13-16-19-22-30-26-27(29)25-28(31-23-20-17-14-11-8-5-2)32-24-21-18-15-12-9-6-3/h25-26H,4-24H2,1-3H3/b27-26-. The van der Waals surface area contributed by atoms with Crippen LogP contribution in [0.15, 0.2) is 20.8 Å². The Morgan fingerprint density at radius 3 is 1.34 bits per heavy atom. The Morgan fingerprint density at radius 2 is 0.906 bits per heavy atom. The first-order chi connectivity index (χ1) is 15.7. The van der Waals surface area contributed by atoms with E-state index in [4.69, 9.17) is 11.6 Å². The summed E-state index contributed by atoms with van der Waals surface area (Å²) in [7, 11) is 0. The molecule has 0 fully saturated rings. The molecular weight excluding hydrogens is 468 g/mol. The first-order valence-electron chi connectivity index (χ1n) is 13.7. The maximum atomic E-state index is 6.59. The third-order valence-corrected chi connectivity index (χ3v) is 9.34. The number of hydrogen-bond donors (Lipinski definition) is 0. The molecule has 0 unspecified atom stereocenters. The van der Waals surface area contributed by atoms with Crippen LogP contribution in [0.2, 0.25) is 0 Å². The van der Waals surface area contributed by atoms with Crippen LogP contribution in [0.1, 0.15) is 136 Å². The molecule has 0 saturated heterocycles. The zero-order chi connectivity index (χ0) is 23.5. The fraction of sp³-hybridized carbons (Fsp3) is 0.857. The summed E-state index contributed by atoms with van der Waals surface area (Å²) in [6.07, 6.45) is 26.9. The van der Waals surface area contributed by atoms with Gasteiger partial charge in [0.05, 0.1) is 0 Å². The van der Waals surface area contributed by atoms with E-state index in [1.807, 2.05) is 35.3 Å². The lowest BCUT2D eigenvalue weighted by Crippen LogP contribution is -1.86. The van der Waals surface area contributed by atoms with E-state index in [9.17, 15) is 0 Å². The van der Waals surface area contributed by atoms with Crippen LogP contribution in [0, 0.1) is 0 Å².